The van der Waals surface area contributed by atoms with E-state index in [9.17, 15) is 0 Å². The Morgan fingerprint density at radius 2 is 1.00 bits per heavy atom. The van der Waals surface area contributed by atoms with Gasteiger partial charge in [-0.2, -0.15) is 0 Å². The summed E-state index contributed by atoms with van der Waals surface area (Å²) in [5.41, 5.74) is 10.0. The number of aromatic nitrogens is 2. The molecule has 0 aliphatic rings. The summed E-state index contributed by atoms with van der Waals surface area (Å²) in [7, 11) is 2.04. The van der Waals surface area contributed by atoms with Crippen molar-refractivity contribution in [2.75, 3.05) is 0 Å². The second-order valence-corrected chi connectivity index (χ2v) is 11.1. The van der Waals surface area contributed by atoms with Crippen LogP contribution in [-0.2, 0) is 7.05 Å². The van der Waals surface area contributed by atoms with Crippen molar-refractivity contribution in [3.05, 3.63) is 76.4 Å². The van der Waals surface area contributed by atoms with E-state index < -0.39 is 0 Å². The summed E-state index contributed by atoms with van der Waals surface area (Å²) in [5.74, 6) is 2.48. The maximum atomic E-state index is 5.16. The van der Waals surface area contributed by atoms with Gasteiger partial charge in [0.2, 0.25) is 0 Å². The molecule has 0 saturated heterocycles. The fourth-order valence-electron chi connectivity index (χ4n) is 4.70. The fourth-order valence-corrected chi connectivity index (χ4v) is 4.70. The van der Waals surface area contributed by atoms with Crippen molar-refractivity contribution in [1.29, 1.82) is 0 Å². The van der Waals surface area contributed by atoms with Gasteiger partial charge in [0, 0.05) is 13.2 Å². The number of nitrogens with zero attached hydrogens (tertiary/aromatic N) is 4. The standard InChI is InChI=1S/C32H44N4/c1-19(2)25-14-12-15-26(20(3)4)30(25)33-23(9)29-18-36(11)32(35-29)24(10)34-31-27(21(5)6)16-13-17-28(31)22(7)8/h12-22H,1-11H3. The highest BCUT2D eigenvalue weighted by molar-refractivity contribution is 6.02. The fraction of sp³-hybridized carbons (Fsp3) is 0.469. The Kier molecular flexibility index (Phi) is 8.71. The summed E-state index contributed by atoms with van der Waals surface area (Å²) < 4.78 is 2.07. The Balaban J connectivity index is 2.09. The molecule has 0 N–H and O–H groups in total. The lowest BCUT2D eigenvalue weighted by molar-refractivity contribution is 0.834. The molecule has 0 saturated carbocycles. The monoisotopic (exact) mass is 484 g/mol. The molecular formula is C32H44N4. The molecule has 3 rings (SSSR count). The highest BCUT2D eigenvalue weighted by atomic mass is 15.1. The quantitative estimate of drug-likeness (QED) is 0.294. The molecule has 4 nitrogen and oxygen atoms in total. The summed E-state index contributed by atoms with van der Waals surface area (Å²) in [6.45, 7) is 22.0. The molecule has 192 valence electrons. The first-order valence-electron chi connectivity index (χ1n) is 13.3. The van der Waals surface area contributed by atoms with Crippen LogP contribution in [0.25, 0.3) is 0 Å². The van der Waals surface area contributed by atoms with Crippen LogP contribution in [-0.4, -0.2) is 21.0 Å². The van der Waals surface area contributed by atoms with Crippen LogP contribution in [0.3, 0.4) is 0 Å². The normalized spacial score (nSPS) is 13.1. The van der Waals surface area contributed by atoms with Crippen molar-refractivity contribution in [2.24, 2.45) is 17.0 Å². The highest BCUT2D eigenvalue weighted by Gasteiger charge is 2.18. The van der Waals surface area contributed by atoms with Crippen LogP contribution in [0.1, 0.15) is 127 Å². The third-order valence-corrected chi connectivity index (χ3v) is 6.81. The Morgan fingerprint density at radius 3 is 1.36 bits per heavy atom. The Hall–Kier alpha value is -3.01. The molecule has 0 amide bonds. The van der Waals surface area contributed by atoms with Crippen LogP contribution in [0.4, 0.5) is 11.4 Å². The molecule has 2 aromatic carbocycles. The maximum Gasteiger partial charge on any atom is 0.154 e. The minimum atomic E-state index is 0.401. The van der Waals surface area contributed by atoms with Gasteiger partial charge >= 0.3 is 0 Å². The molecule has 3 aromatic rings. The van der Waals surface area contributed by atoms with Crippen molar-refractivity contribution in [3.63, 3.8) is 0 Å². The summed E-state index contributed by atoms with van der Waals surface area (Å²) in [4.78, 5) is 15.3. The molecule has 0 atom stereocenters. The average molecular weight is 485 g/mol. The minimum Gasteiger partial charge on any atom is -0.332 e. The maximum absolute atomic E-state index is 5.16. The van der Waals surface area contributed by atoms with Crippen molar-refractivity contribution >= 4 is 22.8 Å². The smallest absolute Gasteiger partial charge is 0.154 e. The number of imidazole rings is 1. The lowest BCUT2D eigenvalue weighted by Crippen LogP contribution is -2.06. The molecule has 0 bridgehead atoms. The van der Waals surface area contributed by atoms with E-state index in [1.165, 1.54) is 22.3 Å². The van der Waals surface area contributed by atoms with Gasteiger partial charge in [0.25, 0.3) is 0 Å². The summed E-state index contributed by atoms with van der Waals surface area (Å²) >= 11 is 0. The Bertz CT molecular complexity index is 1220. The molecule has 36 heavy (non-hydrogen) atoms. The zero-order valence-corrected chi connectivity index (χ0v) is 24.1. The van der Waals surface area contributed by atoms with E-state index in [-0.39, 0.29) is 0 Å². The Labute approximate surface area is 218 Å². The van der Waals surface area contributed by atoms with Crippen LogP contribution < -0.4 is 0 Å². The van der Waals surface area contributed by atoms with Gasteiger partial charge in [0.1, 0.15) is 5.69 Å². The van der Waals surface area contributed by atoms with Gasteiger partial charge < -0.3 is 4.57 Å². The third kappa shape index (κ3) is 5.86. The van der Waals surface area contributed by atoms with Crippen LogP contribution in [0, 0.1) is 0 Å². The summed E-state index contributed by atoms with van der Waals surface area (Å²) in [6.07, 6.45) is 2.07. The largest absolute Gasteiger partial charge is 0.332 e. The van der Waals surface area contributed by atoms with E-state index >= 15 is 0 Å². The molecule has 0 spiro atoms. The van der Waals surface area contributed by atoms with Crippen molar-refractivity contribution in [2.45, 2.75) is 92.9 Å². The molecule has 0 unspecified atom stereocenters. The minimum absolute atomic E-state index is 0.401. The number of para-hydroxylation sites is 2. The van der Waals surface area contributed by atoms with Crippen LogP contribution >= 0.6 is 0 Å². The second-order valence-electron chi connectivity index (χ2n) is 11.1. The molecular weight excluding hydrogens is 440 g/mol. The average Bonchev–Trinajstić information content (AvgIpc) is 3.20. The lowest BCUT2D eigenvalue weighted by Gasteiger charge is -2.17. The molecule has 1 aromatic heterocycles. The second kappa shape index (κ2) is 11.4. The zero-order chi connectivity index (χ0) is 26.7. The van der Waals surface area contributed by atoms with Gasteiger partial charge in [-0.3, -0.25) is 4.99 Å². The van der Waals surface area contributed by atoms with Gasteiger partial charge in [0.15, 0.2) is 5.82 Å². The Morgan fingerprint density at radius 1 is 0.639 bits per heavy atom. The van der Waals surface area contributed by atoms with Gasteiger partial charge in [-0.15, -0.1) is 0 Å². The van der Waals surface area contributed by atoms with Crippen molar-refractivity contribution < 1.29 is 0 Å². The number of aryl methyl sites for hydroxylation is 1. The van der Waals surface area contributed by atoms with E-state index in [1.807, 2.05) is 7.05 Å². The predicted molar refractivity (Wildman–Crippen MR) is 156 cm³/mol. The first-order valence-corrected chi connectivity index (χ1v) is 13.3. The SMILES string of the molecule is CC(=Nc1c(C(C)C)cccc1C(C)C)c1cn(C)c(C(C)=Nc2c(C(C)C)cccc2C(C)C)n1. The highest BCUT2D eigenvalue weighted by Crippen LogP contribution is 2.36. The topological polar surface area (TPSA) is 42.5 Å². The van der Waals surface area contributed by atoms with Crippen molar-refractivity contribution in [3.8, 4) is 0 Å². The van der Waals surface area contributed by atoms with E-state index in [0.29, 0.717) is 23.7 Å². The molecule has 4 heteroatoms. The summed E-state index contributed by atoms with van der Waals surface area (Å²) in [6, 6.07) is 13.1. The van der Waals surface area contributed by atoms with Gasteiger partial charge in [-0.25, -0.2) is 9.98 Å². The van der Waals surface area contributed by atoms with E-state index in [4.69, 9.17) is 15.0 Å². The molecule has 0 aliphatic carbocycles. The number of hydrogen-bond acceptors (Lipinski definition) is 3. The first kappa shape index (κ1) is 27.6. The van der Waals surface area contributed by atoms with E-state index in [1.54, 1.807) is 0 Å². The molecule has 0 aliphatic heterocycles. The van der Waals surface area contributed by atoms with Gasteiger partial charge in [0.05, 0.1) is 22.8 Å². The van der Waals surface area contributed by atoms with Gasteiger partial charge in [-0.05, 0) is 59.8 Å². The molecule has 0 radical (unpaired) electrons. The van der Waals surface area contributed by atoms with Crippen molar-refractivity contribution in [1.82, 2.24) is 9.55 Å². The third-order valence-electron chi connectivity index (χ3n) is 6.81. The summed E-state index contributed by atoms with van der Waals surface area (Å²) in [5, 5.41) is 0. The molecule has 1 heterocycles. The number of benzene rings is 2. The van der Waals surface area contributed by atoms with Gasteiger partial charge in [-0.1, -0.05) is 91.8 Å². The number of aliphatic imine (C=N–C) groups is 2. The van der Waals surface area contributed by atoms with E-state index in [2.05, 4.69) is 116 Å². The zero-order valence-electron chi connectivity index (χ0n) is 24.1. The van der Waals surface area contributed by atoms with Crippen LogP contribution in [0.2, 0.25) is 0 Å². The number of rotatable bonds is 8. The predicted octanol–water partition coefficient (Wildman–Crippen LogP) is 9.20. The van der Waals surface area contributed by atoms with Crippen LogP contribution in [0.15, 0.2) is 52.6 Å². The van der Waals surface area contributed by atoms with E-state index in [0.717, 1.165) is 34.3 Å². The molecule has 0 fully saturated rings. The lowest BCUT2D eigenvalue weighted by atomic mass is 9.93. The number of hydrogen-bond donors (Lipinski definition) is 0. The van der Waals surface area contributed by atoms with Crippen LogP contribution in [0.5, 0.6) is 0 Å². The first-order chi connectivity index (χ1) is 16.9.